The molecule has 0 saturated heterocycles. The lowest BCUT2D eigenvalue weighted by Gasteiger charge is -2.25. The Morgan fingerprint density at radius 2 is 1.76 bits per heavy atom. The van der Waals surface area contributed by atoms with Crippen LogP contribution in [-0.4, -0.2) is 22.0 Å². The average molecular weight is 277 g/mol. The molecule has 0 saturated carbocycles. The second kappa shape index (κ2) is 4.28. The molecule has 21 heavy (non-hydrogen) atoms. The van der Waals surface area contributed by atoms with Crippen LogP contribution >= 0.6 is 0 Å². The van der Waals surface area contributed by atoms with Gasteiger partial charge in [0.05, 0.1) is 11.9 Å². The molecular weight excluding hydrogens is 266 g/mol. The normalized spacial score (nSPS) is 14.6. The van der Waals surface area contributed by atoms with Crippen LogP contribution in [0.3, 0.4) is 0 Å². The summed E-state index contributed by atoms with van der Waals surface area (Å²) in [7, 11) is 0. The number of anilines is 1. The maximum atomic E-state index is 12.6. The largest absolute Gasteiger partial charge is 0.276 e. The Kier molecular flexibility index (Phi) is 2.41. The summed E-state index contributed by atoms with van der Waals surface area (Å²) >= 11 is 0. The molecule has 2 amide bonds. The number of nitrogens with one attached hydrogen (secondary N) is 1. The molecular formula is C16H11N3O2. The fourth-order valence-electron chi connectivity index (χ4n) is 2.69. The van der Waals surface area contributed by atoms with Gasteiger partial charge in [-0.2, -0.15) is 5.10 Å². The van der Waals surface area contributed by atoms with Gasteiger partial charge in [0.15, 0.2) is 5.82 Å². The second-order valence-corrected chi connectivity index (χ2v) is 4.96. The molecule has 0 unspecified atom stereocenters. The van der Waals surface area contributed by atoms with Crippen LogP contribution in [0.2, 0.25) is 0 Å². The lowest BCUT2D eigenvalue weighted by atomic mass is 9.98. The molecule has 0 spiro atoms. The van der Waals surface area contributed by atoms with Crippen molar-refractivity contribution < 1.29 is 9.59 Å². The topological polar surface area (TPSA) is 66.1 Å². The first kappa shape index (κ1) is 11.8. The van der Waals surface area contributed by atoms with E-state index in [-0.39, 0.29) is 18.2 Å². The minimum absolute atomic E-state index is 0.211. The van der Waals surface area contributed by atoms with Gasteiger partial charge in [0, 0.05) is 10.9 Å². The van der Waals surface area contributed by atoms with Gasteiger partial charge in [-0.15, -0.1) is 0 Å². The minimum Gasteiger partial charge on any atom is -0.276 e. The number of rotatable bonds is 1. The standard InChI is InChI=1S/C16H11N3O2/c20-14-9-10-5-1-2-6-11(10)16(21)19(14)15-12-7-3-4-8-13(12)17-18-15/h1-8H,9H2,(H,17,18). The van der Waals surface area contributed by atoms with Gasteiger partial charge >= 0.3 is 0 Å². The molecule has 5 nitrogen and oxygen atoms in total. The molecule has 2 aromatic carbocycles. The molecule has 3 aromatic rings. The summed E-state index contributed by atoms with van der Waals surface area (Å²) in [6.45, 7) is 0. The molecule has 4 rings (SSSR count). The van der Waals surface area contributed by atoms with Crippen LogP contribution in [-0.2, 0) is 11.2 Å². The second-order valence-electron chi connectivity index (χ2n) is 4.96. The number of carbonyl (C=O) groups is 2. The lowest BCUT2D eigenvalue weighted by molar-refractivity contribution is -0.117. The zero-order valence-corrected chi connectivity index (χ0v) is 11.0. The van der Waals surface area contributed by atoms with E-state index in [1.807, 2.05) is 36.4 Å². The molecule has 1 aromatic heterocycles. The van der Waals surface area contributed by atoms with Crippen LogP contribution in [0.1, 0.15) is 15.9 Å². The summed E-state index contributed by atoms with van der Waals surface area (Å²) in [5.41, 5.74) is 2.12. The first-order chi connectivity index (χ1) is 10.3. The van der Waals surface area contributed by atoms with Crippen LogP contribution < -0.4 is 4.90 Å². The Morgan fingerprint density at radius 1 is 1.00 bits per heavy atom. The van der Waals surface area contributed by atoms with Crippen molar-refractivity contribution in [3.63, 3.8) is 0 Å². The molecule has 1 aliphatic heterocycles. The number of para-hydroxylation sites is 1. The van der Waals surface area contributed by atoms with Crippen LogP contribution in [0.5, 0.6) is 0 Å². The quantitative estimate of drug-likeness (QED) is 0.694. The number of H-pyrrole nitrogens is 1. The Labute approximate surface area is 120 Å². The third-order valence-electron chi connectivity index (χ3n) is 3.70. The number of carbonyl (C=O) groups excluding carboxylic acids is 2. The van der Waals surface area contributed by atoms with E-state index in [0.29, 0.717) is 11.4 Å². The Morgan fingerprint density at radius 3 is 2.67 bits per heavy atom. The molecule has 1 aliphatic rings. The van der Waals surface area contributed by atoms with E-state index in [9.17, 15) is 9.59 Å². The molecule has 0 bridgehead atoms. The van der Waals surface area contributed by atoms with Crippen LogP contribution in [0.4, 0.5) is 5.82 Å². The number of fused-ring (bicyclic) bond motifs is 2. The summed E-state index contributed by atoms with van der Waals surface area (Å²) in [6.07, 6.45) is 0.211. The number of aromatic amines is 1. The highest BCUT2D eigenvalue weighted by atomic mass is 16.2. The number of benzene rings is 2. The Bertz CT molecular complexity index is 882. The van der Waals surface area contributed by atoms with Gasteiger partial charge in [0.2, 0.25) is 5.91 Å². The van der Waals surface area contributed by atoms with E-state index < -0.39 is 0 Å². The van der Waals surface area contributed by atoms with Crippen molar-refractivity contribution >= 4 is 28.5 Å². The van der Waals surface area contributed by atoms with E-state index in [4.69, 9.17) is 0 Å². The molecule has 0 atom stereocenters. The van der Waals surface area contributed by atoms with Crippen molar-refractivity contribution in [2.45, 2.75) is 6.42 Å². The van der Waals surface area contributed by atoms with Gasteiger partial charge in [0.1, 0.15) is 0 Å². The van der Waals surface area contributed by atoms with Gasteiger partial charge in [-0.1, -0.05) is 30.3 Å². The molecule has 0 fully saturated rings. The number of imide groups is 1. The summed E-state index contributed by atoms with van der Waals surface area (Å²) in [5, 5.41) is 7.77. The van der Waals surface area contributed by atoms with Crippen LogP contribution in [0.15, 0.2) is 48.5 Å². The minimum atomic E-state index is -0.320. The fourth-order valence-corrected chi connectivity index (χ4v) is 2.69. The highest BCUT2D eigenvalue weighted by Gasteiger charge is 2.34. The highest BCUT2D eigenvalue weighted by molar-refractivity contribution is 6.26. The van der Waals surface area contributed by atoms with Crippen LogP contribution in [0.25, 0.3) is 10.9 Å². The third kappa shape index (κ3) is 1.67. The zero-order chi connectivity index (χ0) is 14.4. The smallest absolute Gasteiger partial charge is 0.266 e. The monoisotopic (exact) mass is 277 g/mol. The van der Waals surface area contributed by atoms with E-state index in [1.54, 1.807) is 12.1 Å². The number of nitrogens with zero attached hydrogens (tertiary/aromatic N) is 2. The van der Waals surface area contributed by atoms with Crippen molar-refractivity contribution in [3.05, 3.63) is 59.7 Å². The summed E-state index contributed by atoms with van der Waals surface area (Å²) in [4.78, 5) is 26.1. The Balaban J connectivity index is 1.89. The van der Waals surface area contributed by atoms with E-state index in [2.05, 4.69) is 10.2 Å². The molecule has 5 heteroatoms. The van der Waals surface area contributed by atoms with Gasteiger partial charge in [-0.25, -0.2) is 4.90 Å². The first-order valence-corrected chi connectivity index (χ1v) is 6.64. The molecule has 0 radical (unpaired) electrons. The van der Waals surface area contributed by atoms with E-state index in [1.165, 1.54) is 4.90 Å². The predicted molar refractivity (Wildman–Crippen MR) is 78.1 cm³/mol. The summed E-state index contributed by atoms with van der Waals surface area (Å²) in [5.74, 6) is -0.204. The van der Waals surface area contributed by atoms with Crippen molar-refractivity contribution in [1.82, 2.24) is 10.2 Å². The maximum absolute atomic E-state index is 12.6. The summed E-state index contributed by atoms with van der Waals surface area (Å²) < 4.78 is 0. The van der Waals surface area contributed by atoms with Crippen LogP contribution in [0, 0.1) is 0 Å². The average Bonchev–Trinajstić information content (AvgIpc) is 2.91. The van der Waals surface area contributed by atoms with Crippen molar-refractivity contribution in [2.75, 3.05) is 4.90 Å². The van der Waals surface area contributed by atoms with Gasteiger partial charge in [0.25, 0.3) is 5.91 Å². The number of hydrogen-bond donors (Lipinski definition) is 1. The first-order valence-electron chi connectivity index (χ1n) is 6.64. The number of hydrogen-bond acceptors (Lipinski definition) is 3. The Hall–Kier alpha value is -2.95. The fraction of sp³-hybridized carbons (Fsp3) is 0.0625. The number of aromatic nitrogens is 2. The molecule has 1 N–H and O–H groups in total. The number of amides is 2. The SMILES string of the molecule is O=C1Cc2ccccc2C(=O)N1c1n[nH]c2ccccc12. The predicted octanol–water partition coefficient (Wildman–Crippen LogP) is 2.29. The third-order valence-corrected chi connectivity index (χ3v) is 3.70. The van der Waals surface area contributed by atoms with Gasteiger partial charge < -0.3 is 0 Å². The summed E-state index contributed by atoms with van der Waals surface area (Å²) in [6, 6.07) is 14.6. The molecule has 2 heterocycles. The van der Waals surface area contributed by atoms with Gasteiger partial charge in [-0.3, -0.25) is 14.7 Å². The molecule has 0 aliphatic carbocycles. The maximum Gasteiger partial charge on any atom is 0.266 e. The van der Waals surface area contributed by atoms with Gasteiger partial charge in [-0.05, 0) is 23.8 Å². The highest BCUT2D eigenvalue weighted by Crippen LogP contribution is 2.29. The van der Waals surface area contributed by atoms with Crippen molar-refractivity contribution in [1.29, 1.82) is 0 Å². The molecule has 102 valence electrons. The lowest BCUT2D eigenvalue weighted by Crippen LogP contribution is -2.42. The van der Waals surface area contributed by atoms with E-state index in [0.717, 1.165) is 16.5 Å². The van der Waals surface area contributed by atoms with Crippen molar-refractivity contribution in [3.8, 4) is 0 Å². The van der Waals surface area contributed by atoms with E-state index >= 15 is 0 Å². The van der Waals surface area contributed by atoms with Crippen molar-refractivity contribution in [2.24, 2.45) is 0 Å². The zero-order valence-electron chi connectivity index (χ0n) is 11.0.